The minimum absolute atomic E-state index is 0. The molecule has 1 aromatic rings. The molecule has 1 amide bonds. The van der Waals surface area contributed by atoms with Gasteiger partial charge in [0.05, 0.1) is 5.92 Å². The number of amides is 1. The second-order valence-corrected chi connectivity index (χ2v) is 8.34. The van der Waals surface area contributed by atoms with Crippen molar-refractivity contribution in [1.82, 2.24) is 0 Å². The van der Waals surface area contributed by atoms with Gasteiger partial charge in [-0.05, 0) is 37.5 Å². The van der Waals surface area contributed by atoms with Crippen molar-refractivity contribution in [3.8, 4) is 0 Å². The Hall–Kier alpha value is -0.910. The standard InChI is InChI=1S/C18H28N2O2S.ClH/c1-13(14(2)19)18(21)20-16-8-6-7-15(11-16)12-23(22)17-9-4-3-5-10-17;/h6-8,11,13-14,17H,3-5,9-10,12,19H2,1-2H3,(H,20,21);1H. The average molecular weight is 373 g/mol. The van der Waals surface area contributed by atoms with Gasteiger partial charge in [-0.3, -0.25) is 9.00 Å². The van der Waals surface area contributed by atoms with Crippen molar-refractivity contribution in [1.29, 1.82) is 0 Å². The fraction of sp³-hybridized carbons (Fsp3) is 0.611. The molecule has 1 fully saturated rings. The maximum atomic E-state index is 12.5. The number of anilines is 1. The molecule has 136 valence electrons. The zero-order chi connectivity index (χ0) is 16.8. The zero-order valence-corrected chi connectivity index (χ0v) is 16.1. The van der Waals surface area contributed by atoms with E-state index in [1.807, 2.05) is 38.1 Å². The molecule has 1 aliphatic rings. The number of carbonyl (C=O) groups is 1. The SMILES string of the molecule is CC(N)C(C)C(=O)Nc1cccc(CS(=O)C2CCCCC2)c1.Cl. The number of nitrogens with one attached hydrogen (secondary N) is 1. The Morgan fingerprint density at radius 3 is 2.58 bits per heavy atom. The minimum atomic E-state index is -0.827. The summed E-state index contributed by atoms with van der Waals surface area (Å²) in [6.45, 7) is 3.65. The molecule has 0 spiro atoms. The Kier molecular flexibility index (Phi) is 8.95. The van der Waals surface area contributed by atoms with Gasteiger partial charge in [0, 0.05) is 33.5 Å². The van der Waals surface area contributed by atoms with Gasteiger partial charge in [0.1, 0.15) is 0 Å². The molecule has 0 heterocycles. The van der Waals surface area contributed by atoms with Crippen LogP contribution >= 0.6 is 12.4 Å². The van der Waals surface area contributed by atoms with Crippen LogP contribution < -0.4 is 11.1 Å². The van der Waals surface area contributed by atoms with Gasteiger partial charge in [-0.15, -0.1) is 12.4 Å². The monoisotopic (exact) mass is 372 g/mol. The van der Waals surface area contributed by atoms with Crippen molar-refractivity contribution in [3.63, 3.8) is 0 Å². The molecule has 0 saturated heterocycles. The van der Waals surface area contributed by atoms with E-state index in [0.29, 0.717) is 11.0 Å². The maximum Gasteiger partial charge on any atom is 0.228 e. The second kappa shape index (κ2) is 10.2. The highest BCUT2D eigenvalue weighted by molar-refractivity contribution is 7.84. The molecule has 2 rings (SSSR count). The van der Waals surface area contributed by atoms with Crippen molar-refractivity contribution < 1.29 is 9.00 Å². The van der Waals surface area contributed by atoms with Gasteiger partial charge >= 0.3 is 0 Å². The first-order chi connectivity index (χ1) is 11.0. The second-order valence-electron chi connectivity index (χ2n) is 6.62. The molecule has 3 N–H and O–H groups in total. The van der Waals surface area contributed by atoms with E-state index in [-0.39, 0.29) is 30.3 Å². The van der Waals surface area contributed by atoms with Crippen molar-refractivity contribution in [3.05, 3.63) is 29.8 Å². The number of hydrogen-bond donors (Lipinski definition) is 2. The number of hydrogen-bond acceptors (Lipinski definition) is 3. The number of carbonyl (C=O) groups excluding carboxylic acids is 1. The van der Waals surface area contributed by atoms with Crippen LogP contribution in [0.2, 0.25) is 0 Å². The molecule has 24 heavy (non-hydrogen) atoms. The van der Waals surface area contributed by atoms with E-state index in [1.165, 1.54) is 19.3 Å². The number of halogens is 1. The van der Waals surface area contributed by atoms with Gasteiger partial charge in [0.25, 0.3) is 0 Å². The first kappa shape index (κ1) is 21.1. The lowest BCUT2D eigenvalue weighted by molar-refractivity contribution is -0.119. The summed E-state index contributed by atoms with van der Waals surface area (Å²) in [6.07, 6.45) is 5.82. The van der Waals surface area contributed by atoms with Crippen LogP contribution in [0.3, 0.4) is 0 Å². The van der Waals surface area contributed by atoms with E-state index in [2.05, 4.69) is 5.32 Å². The molecule has 6 heteroatoms. The predicted molar refractivity (Wildman–Crippen MR) is 104 cm³/mol. The van der Waals surface area contributed by atoms with Crippen LogP contribution in [0.1, 0.15) is 51.5 Å². The zero-order valence-electron chi connectivity index (χ0n) is 14.5. The van der Waals surface area contributed by atoms with Crippen LogP contribution in [0.5, 0.6) is 0 Å². The fourth-order valence-electron chi connectivity index (χ4n) is 2.84. The van der Waals surface area contributed by atoms with Crippen LogP contribution in [-0.2, 0) is 21.3 Å². The van der Waals surface area contributed by atoms with E-state index >= 15 is 0 Å². The third-order valence-corrected chi connectivity index (χ3v) is 6.46. The Morgan fingerprint density at radius 2 is 1.96 bits per heavy atom. The van der Waals surface area contributed by atoms with Crippen LogP contribution in [0.25, 0.3) is 0 Å². The van der Waals surface area contributed by atoms with Crippen molar-refractivity contribution in [2.24, 2.45) is 11.7 Å². The molecule has 1 aliphatic carbocycles. The van der Waals surface area contributed by atoms with Crippen LogP contribution in [0.4, 0.5) is 5.69 Å². The molecular weight excluding hydrogens is 344 g/mol. The molecule has 4 nitrogen and oxygen atoms in total. The summed E-state index contributed by atoms with van der Waals surface area (Å²) >= 11 is 0. The topological polar surface area (TPSA) is 72.2 Å². The minimum Gasteiger partial charge on any atom is -0.327 e. The Balaban J connectivity index is 0.00000288. The smallest absolute Gasteiger partial charge is 0.228 e. The maximum absolute atomic E-state index is 12.5. The molecule has 0 aromatic heterocycles. The molecule has 0 bridgehead atoms. The van der Waals surface area contributed by atoms with Gasteiger partial charge in [0.2, 0.25) is 5.91 Å². The summed E-state index contributed by atoms with van der Waals surface area (Å²) in [4.78, 5) is 12.1. The highest BCUT2D eigenvalue weighted by Crippen LogP contribution is 2.24. The molecule has 1 aromatic carbocycles. The van der Waals surface area contributed by atoms with Gasteiger partial charge in [-0.25, -0.2) is 0 Å². The van der Waals surface area contributed by atoms with E-state index in [0.717, 1.165) is 24.1 Å². The number of nitrogens with two attached hydrogens (primary N) is 1. The Morgan fingerprint density at radius 1 is 1.29 bits per heavy atom. The quantitative estimate of drug-likeness (QED) is 0.801. The number of benzene rings is 1. The van der Waals surface area contributed by atoms with E-state index in [9.17, 15) is 9.00 Å². The van der Waals surface area contributed by atoms with Crippen LogP contribution in [0.15, 0.2) is 24.3 Å². The summed E-state index contributed by atoms with van der Waals surface area (Å²) in [7, 11) is -0.827. The third kappa shape index (κ3) is 6.19. The molecule has 0 radical (unpaired) electrons. The molecule has 1 saturated carbocycles. The van der Waals surface area contributed by atoms with Gasteiger partial charge in [0.15, 0.2) is 0 Å². The lowest BCUT2D eigenvalue weighted by Gasteiger charge is -2.21. The van der Waals surface area contributed by atoms with E-state index in [4.69, 9.17) is 5.73 Å². The Labute approximate surface area is 153 Å². The average Bonchev–Trinajstić information content (AvgIpc) is 2.55. The van der Waals surface area contributed by atoms with Gasteiger partial charge < -0.3 is 11.1 Å². The summed E-state index contributed by atoms with van der Waals surface area (Å²) < 4.78 is 12.5. The normalized spacial score (nSPS) is 19.0. The van der Waals surface area contributed by atoms with Gasteiger partial charge in [-0.1, -0.05) is 38.3 Å². The molecule has 0 aliphatic heterocycles. The first-order valence-corrected chi connectivity index (χ1v) is 9.88. The summed E-state index contributed by atoms with van der Waals surface area (Å²) in [6, 6.07) is 7.48. The molecule has 3 atom stereocenters. The number of rotatable bonds is 6. The van der Waals surface area contributed by atoms with Crippen molar-refractivity contribution in [2.75, 3.05) is 5.32 Å². The summed E-state index contributed by atoms with van der Waals surface area (Å²) in [5.74, 6) is 0.248. The molecule has 3 unspecified atom stereocenters. The fourth-order valence-corrected chi connectivity index (χ4v) is 4.45. The lowest BCUT2D eigenvalue weighted by atomic mass is 10.0. The highest BCUT2D eigenvalue weighted by Gasteiger charge is 2.20. The molecular formula is C18H29ClN2O2S. The lowest BCUT2D eigenvalue weighted by Crippen LogP contribution is -2.34. The van der Waals surface area contributed by atoms with Gasteiger partial charge in [-0.2, -0.15) is 0 Å². The van der Waals surface area contributed by atoms with Crippen LogP contribution in [0, 0.1) is 5.92 Å². The summed E-state index contributed by atoms with van der Waals surface area (Å²) in [5, 5.41) is 3.23. The summed E-state index contributed by atoms with van der Waals surface area (Å²) in [5.41, 5.74) is 7.53. The van der Waals surface area contributed by atoms with E-state index < -0.39 is 10.8 Å². The first-order valence-electron chi connectivity index (χ1n) is 8.50. The Bertz CT molecular complexity index is 560. The van der Waals surface area contributed by atoms with Crippen LogP contribution in [-0.4, -0.2) is 21.4 Å². The van der Waals surface area contributed by atoms with E-state index in [1.54, 1.807) is 0 Å². The van der Waals surface area contributed by atoms with Crippen molar-refractivity contribution >= 4 is 34.8 Å². The highest BCUT2D eigenvalue weighted by atomic mass is 35.5. The predicted octanol–water partition coefficient (Wildman–Crippen LogP) is 3.61. The largest absolute Gasteiger partial charge is 0.327 e. The van der Waals surface area contributed by atoms with Crippen molar-refractivity contribution in [2.45, 2.75) is 63.0 Å². The third-order valence-electron chi connectivity index (χ3n) is 4.63.